The van der Waals surface area contributed by atoms with E-state index in [9.17, 15) is 4.79 Å². The SMILES string of the molecule is CCS[C@@H]1CC[C@@H](N(C)C(=O)[C@@H](N)Cc2ccccc2)C1. The highest BCUT2D eigenvalue weighted by Gasteiger charge is 2.31. The molecule has 116 valence electrons. The van der Waals surface area contributed by atoms with Gasteiger partial charge in [-0.3, -0.25) is 4.79 Å². The molecule has 1 amide bonds. The zero-order valence-corrected chi connectivity index (χ0v) is 13.8. The van der Waals surface area contributed by atoms with Gasteiger partial charge in [-0.15, -0.1) is 0 Å². The minimum atomic E-state index is -0.435. The molecule has 4 heteroatoms. The average molecular weight is 306 g/mol. The maximum Gasteiger partial charge on any atom is 0.239 e. The Morgan fingerprint density at radius 1 is 1.38 bits per heavy atom. The zero-order valence-electron chi connectivity index (χ0n) is 13.0. The number of carbonyl (C=O) groups is 1. The normalized spacial score (nSPS) is 23.0. The first-order chi connectivity index (χ1) is 10.1. The number of benzene rings is 1. The van der Waals surface area contributed by atoms with Crippen LogP contribution in [0.15, 0.2) is 30.3 Å². The fourth-order valence-corrected chi connectivity index (χ4v) is 4.19. The Labute approximate surface area is 132 Å². The molecular formula is C17H26N2OS. The van der Waals surface area contributed by atoms with Gasteiger partial charge in [-0.05, 0) is 37.0 Å². The molecule has 1 aromatic carbocycles. The fourth-order valence-electron chi connectivity index (χ4n) is 3.05. The minimum Gasteiger partial charge on any atom is -0.341 e. The lowest BCUT2D eigenvalue weighted by atomic mass is 10.0. The molecular weight excluding hydrogens is 280 g/mol. The van der Waals surface area contributed by atoms with E-state index in [2.05, 4.69) is 6.92 Å². The van der Waals surface area contributed by atoms with Crippen LogP contribution in [0.25, 0.3) is 0 Å². The predicted molar refractivity (Wildman–Crippen MR) is 90.5 cm³/mol. The summed E-state index contributed by atoms with van der Waals surface area (Å²) in [5.74, 6) is 1.23. The van der Waals surface area contributed by atoms with Crippen LogP contribution in [0, 0.1) is 0 Å². The Bertz CT molecular complexity index is 451. The lowest BCUT2D eigenvalue weighted by molar-refractivity contribution is -0.133. The van der Waals surface area contributed by atoms with E-state index in [4.69, 9.17) is 5.73 Å². The molecule has 1 aliphatic rings. The van der Waals surface area contributed by atoms with Crippen LogP contribution in [0.1, 0.15) is 31.7 Å². The van der Waals surface area contributed by atoms with Gasteiger partial charge in [-0.2, -0.15) is 11.8 Å². The third kappa shape index (κ3) is 4.48. The average Bonchev–Trinajstić information content (AvgIpc) is 2.95. The van der Waals surface area contributed by atoms with Crippen LogP contribution in [-0.4, -0.2) is 40.9 Å². The predicted octanol–water partition coefficient (Wildman–Crippen LogP) is 2.69. The van der Waals surface area contributed by atoms with Crippen LogP contribution in [-0.2, 0) is 11.2 Å². The van der Waals surface area contributed by atoms with Gasteiger partial charge in [0, 0.05) is 18.3 Å². The van der Waals surface area contributed by atoms with E-state index >= 15 is 0 Å². The summed E-state index contributed by atoms with van der Waals surface area (Å²) in [5.41, 5.74) is 7.24. The Hall–Kier alpha value is -1.00. The van der Waals surface area contributed by atoms with Gasteiger partial charge in [0.2, 0.25) is 5.91 Å². The third-order valence-electron chi connectivity index (χ3n) is 4.27. The summed E-state index contributed by atoms with van der Waals surface area (Å²) in [6, 6.07) is 9.93. The highest BCUT2D eigenvalue weighted by atomic mass is 32.2. The summed E-state index contributed by atoms with van der Waals surface area (Å²) >= 11 is 2.01. The Morgan fingerprint density at radius 2 is 2.10 bits per heavy atom. The van der Waals surface area contributed by atoms with E-state index < -0.39 is 6.04 Å². The summed E-state index contributed by atoms with van der Waals surface area (Å²) in [7, 11) is 1.91. The van der Waals surface area contributed by atoms with Crippen LogP contribution in [0.5, 0.6) is 0 Å². The highest BCUT2D eigenvalue weighted by Crippen LogP contribution is 2.32. The number of hydrogen-bond acceptors (Lipinski definition) is 3. The van der Waals surface area contributed by atoms with E-state index in [1.807, 2.05) is 54.0 Å². The number of amides is 1. The molecule has 0 spiro atoms. The molecule has 0 unspecified atom stereocenters. The Kier molecular flexibility index (Phi) is 6.12. The molecule has 3 atom stereocenters. The molecule has 1 fully saturated rings. The maximum atomic E-state index is 12.5. The van der Waals surface area contributed by atoms with Crippen LogP contribution < -0.4 is 5.73 Å². The van der Waals surface area contributed by atoms with Crippen molar-refractivity contribution in [3.05, 3.63) is 35.9 Å². The lowest BCUT2D eigenvalue weighted by Gasteiger charge is -2.27. The number of hydrogen-bond donors (Lipinski definition) is 1. The molecule has 21 heavy (non-hydrogen) atoms. The van der Waals surface area contributed by atoms with Gasteiger partial charge in [0.25, 0.3) is 0 Å². The molecule has 0 saturated heterocycles. The molecule has 1 saturated carbocycles. The molecule has 1 aliphatic carbocycles. The fraction of sp³-hybridized carbons (Fsp3) is 0.588. The second-order valence-electron chi connectivity index (χ2n) is 5.79. The van der Waals surface area contributed by atoms with Crippen LogP contribution in [0.4, 0.5) is 0 Å². The number of rotatable bonds is 6. The second kappa shape index (κ2) is 7.85. The molecule has 0 bridgehead atoms. The van der Waals surface area contributed by atoms with Crippen molar-refractivity contribution in [3.8, 4) is 0 Å². The number of thioether (sulfide) groups is 1. The van der Waals surface area contributed by atoms with Gasteiger partial charge < -0.3 is 10.6 Å². The second-order valence-corrected chi connectivity index (χ2v) is 7.37. The van der Waals surface area contributed by atoms with E-state index in [-0.39, 0.29) is 5.91 Å². The van der Waals surface area contributed by atoms with Crippen molar-refractivity contribution < 1.29 is 4.79 Å². The highest BCUT2D eigenvalue weighted by molar-refractivity contribution is 7.99. The van der Waals surface area contributed by atoms with Crippen molar-refractivity contribution in [2.75, 3.05) is 12.8 Å². The number of nitrogens with zero attached hydrogens (tertiary/aromatic N) is 1. The molecule has 0 heterocycles. The molecule has 0 radical (unpaired) electrons. The van der Waals surface area contributed by atoms with Gasteiger partial charge in [-0.1, -0.05) is 37.3 Å². The molecule has 1 aromatic rings. The number of nitrogens with two attached hydrogens (primary N) is 1. The molecule has 2 rings (SSSR count). The third-order valence-corrected chi connectivity index (χ3v) is 5.50. The van der Waals surface area contributed by atoms with E-state index in [0.29, 0.717) is 17.7 Å². The number of carbonyl (C=O) groups excluding carboxylic acids is 1. The standard InChI is InChI=1S/C17H26N2OS/c1-3-21-15-10-9-14(12-15)19(2)17(20)16(18)11-13-7-5-4-6-8-13/h4-8,14-16H,3,9-12,18H2,1-2H3/t14-,15-,16+/m1/s1. The molecule has 2 N–H and O–H groups in total. The monoisotopic (exact) mass is 306 g/mol. The first-order valence-corrected chi connectivity index (χ1v) is 8.84. The largest absolute Gasteiger partial charge is 0.341 e. The first kappa shape index (κ1) is 16.4. The molecule has 0 aromatic heterocycles. The maximum absolute atomic E-state index is 12.5. The van der Waals surface area contributed by atoms with E-state index in [1.54, 1.807) is 0 Å². The molecule has 3 nitrogen and oxygen atoms in total. The first-order valence-electron chi connectivity index (χ1n) is 7.79. The van der Waals surface area contributed by atoms with Crippen LogP contribution >= 0.6 is 11.8 Å². The Balaban J connectivity index is 1.87. The van der Waals surface area contributed by atoms with Crippen molar-refractivity contribution in [2.24, 2.45) is 5.73 Å². The van der Waals surface area contributed by atoms with Crippen molar-refractivity contribution in [2.45, 2.75) is 49.9 Å². The summed E-state index contributed by atoms with van der Waals surface area (Å²) < 4.78 is 0. The van der Waals surface area contributed by atoms with Gasteiger partial charge in [-0.25, -0.2) is 0 Å². The minimum absolute atomic E-state index is 0.0750. The van der Waals surface area contributed by atoms with E-state index in [0.717, 1.165) is 24.2 Å². The van der Waals surface area contributed by atoms with Crippen molar-refractivity contribution >= 4 is 17.7 Å². The summed E-state index contributed by atoms with van der Waals surface area (Å²) in [6.45, 7) is 2.20. The topological polar surface area (TPSA) is 46.3 Å². The summed E-state index contributed by atoms with van der Waals surface area (Å²) in [5, 5.41) is 0.709. The summed E-state index contributed by atoms with van der Waals surface area (Å²) in [6.07, 6.45) is 4.05. The van der Waals surface area contributed by atoms with Crippen LogP contribution in [0.2, 0.25) is 0 Å². The molecule has 0 aliphatic heterocycles. The van der Waals surface area contributed by atoms with E-state index in [1.165, 1.54) is 6.42 Å². The zero-order chi connectivity index (χ0) is 15.2. The summed E-state index contributed by atoms with van der Waals surface area (Å²) in [4.78, 5) is 14.4. The van der Waals surface area contributed by atoms with Gasteiger partial charge >= 0.3 is 0 Å². The van der Waals surface area contributed by atoms with Crippen LogP contribution in [0.3, 0.4) is 0 Å². The van der Waals surface area contributed by atoms with Crippen molar-refractivity contribution in [3.63, 3.8) is 0 Å². The smallest absolute Gasteiger partial charge is 0.239 e. The van der Waals surface area contributed by atoms with Crippen molar-refractivity contribution in [1.29, 1.82) is 0 Å². The van der Waals surface area contributed by atoms with Gasteiger partial charge in [0.1, 0.15) is 0 Å². The Morgan fingerprint density at radius 3 is 2.76 bits per heavy atom. The lowest BCUT2D eigenvalue weighted by Crippen LogP contribution is -2.46. The quantitative estimate of drug-likeness (QED) is 0.879. The van der Waals surface area contributed by atoms with Gasteiger partial charge in [0.15, 0.2) is 0 Å². The van der Waals surface area contributed by atoms with Gasteiger partial charge in [0.05, 0.1) is 6.04 Å². The number of likely N-dealkylation sites (N-methyl/N-ethyl adjacent to an activating group) is 1. The van der Waals surface area contributed by atoms with Crippen molar-refractivity contribution in [1.82, 2.24) is 4.90 Å².